The number of anilines is 4. The van der Waals surface area contributed by atoms with Gasteiger partial charge in [0, 0.05) is 42.7 Å². The summed E-state index contributed by atoms with van der Waals surface area (Å²) in [6.07, 6.45) is 5.85. The van der Waals surface area contributed by atoms with Crippen LogP contribution in [0.5, 0.6) is 0 Å². The molecule has 514 valence electrons. The Morgan fingerprint density at radius 2 is 0.884 bits per heavy atom. The molecule has 43 heteroatoms. The number of hydrogen-bond acceptors (Lipinski definition) is 34. The van der Waals surface area contributed by atoms with Gasteiger partial charge in [-0.25, -0.2) is 54.4 Å². The first kappa shape index (κ1) is 67.0. The molecule has 18 atom stereocenters. The van der Waals surface area contributed by atoms with Crippen molar-refractivity contribution in [3.63, 3.8) is 0 Å². The molecule has 8 aliphatic heterocycles. The van der Waals surface area contributed by atoms with Gasteiger partial charge in [0.25, 0.3) is 5.56 Å². The van der Waals surface area contributed by atoms with Gasteiger partial charge in [0.05, 0.1) is 65.0 Å². The van der Waals surface area contributed by atoms with E-state index < -0.39 is 91.8 Å². The smallest absolute Gasteiger partial charge is 0.382 e. The molecule has 0 amide bonds. The van der Waals surface area contributed by atoms with Crippen LogP contribution in [-0.2, 0) is 91.3 Å². The number of fused-ring (bicyclic) bond motifs is 12. The third kappa shape index (κ3) is 11.3. The number of aromatic amines is 1. The van der Waals surface area contributed by atoms with Crippen molar-refractivity contribution in [3.05, 3.63) is 54.6 Å². The van der Waals surface area contributed by atoms with Crippen molar-refractivity contribution in [2.24, 2.45) is 0 Å². The maximum Gasteiger partial charge on any atom is 0.472 e. The molecule has 95 heavy (non-hydrogen) atoms. The molecule has 8 bridgehead atoms. The Hall–Kier alpha value is -6.64. The zero-order valence-corrected chi connectivity index (χ0v) is 54.8. The number of rotatable bonds is 18. The molecule has 6 unspecified atom stereocenters. The Morgan fingerprint density at radius 1 is 0.526 bits per heavy atom. The van der Waals surface area contributed by atoms with Gasteiger partial charge < -0.3 is 94.1 Å². The average Bonchev–Trinajstić information content (AvgIpc) is 1.59. The van der Waals surface area contributed by atoms with Crippen LogP contribution >= 0.6 is 14.5 Å². The summed E-state index contributed by atoms with van der Waals surface area (Å²) in [7, 11) is 4.71. The fourth-order valence-corrected chi connectivity index (χ4v) is 15.2. The summed E-state index contributed by atoms with van der Waals surface area (Å²) >= 11 is 5.00. The lowest BCUT2D eigenvalue weighted by molar-refractivity contribution is -0.189. The van der Waals surface area contributed by atoms with E-state index in [1.54, 1.807) is 59.4 Å². The van der Waals surface area contributed by atoms with E-state index in [-0.39, 0.29) is 54.1 Å². The minimum atomic E-state index is -4.20. The summed E-state index contributed by atoms with van der Waals surface area (Å²) in [5, 5.41) is 0. The highest BCUT2D eigenvalue weighted by atomic mass is 32.5. The van der Waals surface area contributed by atoms with Crippen molar-refractivity contribution < 1.29 is 89.3 Å². The number of H-pyrrole nitrogens is 1. The summed E-state index contributed by atoms with van der Waals surface area (Å²) in [4.78, 5) is 79.6. The van der Waals surface area contributed by atoms with Crippen molar-refractivity contribution in [1.82, 2.24) is 78.1 Å². The van der Waals surface area contributed by atoms with Crippen LogP contribution in [0.4, 0.5) is 23.4 Å². The molecule has 40 nitrogen and oxygen atoms in total. The van der Waals surface area contributed by atoms with Gasteiger partial charge in [-0.2, -0.15) is 4.98 Å². The predicted octanol–water partition coefficient (Wildman–Crippen LogP) is 0.116. The Bertz CT molecular complexity index is 4170. The fourth-order valence-electron chi connectivity index (χ4n) is 13.5. The van der Waals surface area contributed by atoms with E-state index in [9.17, 15) is 19.1 Å². The monoisotopic (exact) mass is 1390 g/mol. The summed E-state index contributed by atoms with van der Waals surface area (Å²) < 4.78 is 109. The number of hydrogen-bond donors (Lipinski definition) is 7. The Morgan fingerprint density at radius 3 is 1.25 bits per heavy atom. The number of nitrogen functional groups attached to an aromatic ring is 4. The second-order valence-electron chi connectivity index (χ2n) is 23.2. The zero-order chi connectivity index (χ0) is 67.1. The molecule has 0 aliphatic carbocycles. The van der Waals surface area contributed by atoms with Crippen LogP contribution in [-0.4, -0.2) is 241 Å². The first-order valence-electron chi connectivity index (χ1n) is 29.5. The molecule has 8 fully saturated rings. The molecule has 16 rings (SSSR count). The maximum atomic E-state index is 11.9. The standard InChI is InChI=1S/C13H18N5O6P.C13H18N5O5PS.C13H17N5O5.C13H17N5O4/c1-3-13-4-22-8(9(13)24-25(19,20)21-2)12(23-13)18-6-17-7-10(14)15-5-16-11(7)18;1-3-13-4-21-8(9(13)23-24(19,25)20-2)12(22-13)18-6-17-7-10(14)15-5-16-11(7)18;1-20-3-13-4-22-7(8(13)21-2)11(23-13)18-5-15-6-9(18)16-12(14)17-10(6)19;1-19-3-13-4-21-8(9(13)20-2)12(22-13)18-6-17-7-10(14)15-5-16-11(7)18/h5-6,8-9,12H,3-4H2,1-2H3,(H,19,20)(H2,14,15,16);5-6,8-9,12H,3-4H2,1-2H3,(H,19,25)(H2,14,15,16);5,7-8,11H,3-4H2,1-2H3,(H3,14,16,17,19);5-6,8-9,12H,3-4H2,1-2H3,(H2,14,15,16)/t8-,9?,12+,13-;8-,9?,12+,13-,24?;7-,8?,11+,13-;8-,9?,12+,13-/m0000/s1. The van der Waals surface area contributed by atoms with Gasteiger partial charge in [-0.1, -0.05) is 13.8 Å². The van der Waals surface area contributed by atoms with Crippen LogP contribution in [0.3, 0.4) is 0 Å². The fraction of sp³-hybridized carbons (Fsp3) is 0.615. The number of ether oxygens (including phenoxy) is 12. The van der Waals surface area contributed by atoms with Crippen molar-refractivity contribution in [1.29, 1.82) is 0 Å². The van der Waals surface area contributed by atoms with Gasteiger partial charge in [0.1, 0.15) is 107 Å². The molecule has 16 heterocycles. The summed E-state index contributed by atoms with van der Waals surface area (Å²) in [6.45, 7) is 2.62. The van der Waals surface area contributed by atoms with Crippen molar-refractivity contribution >= 4 is 94.4 Å². The van der Waals surface area contributed by atoms with E-state index in [2.05, 4.69) is 64.3 Å². The van der Waals surface area contributed by atoms with Gasteiger partial charge in [-0.15, -0.1) is 0 Å². The number of imidazole rings is 4. The lowest BCUT2D eigenvalue weighted by Crippen LogP contribution is -2.45. The van der Waals surface area contributed by atoms with Crippen LogP contribution < -0.4 is 28.5 Å². The SMILES string of the molecule is CC[C@]12CO[C@@H](C1OP(=O)(O)OC)[C@H](n1cnc3c(N)ncnc31)O2.CC[C@]12CO[C@@H](C1OP(O)(=S)OC)[C@H](n1cnc3c(N)ncnc31)O2.COC[C@]12CO[C@@H](C1OC)[C@H](n1cnc3c(=O)[nH]c(N)nc31)O2.COC[C@]12CO[C@@H](C1OC)[C@H](n1cnc3c(N)ncnc31)O2. The third-order valence-electron chi connectivity index (χ3n) is 18.0. The van der Waals surface area contributed by atoms with Gasteiger partial charge in [0.15, 0.2) is 70.5 Å². The van der Waals surface area contributed by atoms with Crippen LogP contribution in [0.1, 0.15) is 51.6 Å². The number of nitrogens with two attached hydrogens (primary N) is 4. The average molecular weight is 1390 g/mol. The Balaban J connectivity index is 0.000000115. The van der Waals surface area contributed by atoms with Crippen molar-refractivity contribution in [2.45, 2.75) is 123 Å². The molecular formula is C52H70N20O20P2S. The Labute approximate surface area is 542 Å². The zero-order valence-electron chi connectivity index (χ0n) is 52.2. The molecule has 0 saturated carbocycles. The number of phosphoric acid groups is 1. The van der Waals surface area contributed by atoms with E-state index >= 15 is 0 Å². The lowest BCUT2D eigenvalue weighted by atomic mass is 9.96. The normalized spacial score (nSPS) is 33.6. The summed E-state index contributed by atoms with van der Waals surface area (Å²) in [6, 6.07) is 0. The molecule has 8 aromatic rings. The third-order valence-corrected chi connectivity index (χ3v) is 20.7. The van der Waals surface area contributed by atoms with Crippen molar-refractivity contribution in [2.75, 3.05) is 105 Å². The van der Waals surface area contributed by atoms with E-state index in [1.807, 2.05) is 13.8 Å². The molecular weight excluding hydrogens is 1320 g/mol. The van der Waals surface area contributed by atoms with E-state index in [0.29, 0.717) is 90.8 Å². The number of phosphoric ester groups is 1. The van der Waals surface area contributed by atoms with Gasteiger partial charge in [0.2, 0.25) is 5.95 Å². The molecule has 0 spiro atoms. The van der Waals surface area contributed by atoms with E-state index in [0.717, 1.165) is 7.11 Å². The largest absolute Gasteiger partial charge is 0.472 e. The number of nitrogens with zero attached hydrogens (tertiary/aromatic N) is 15. The second kappa shape index (κ2) is 25.7. The van der Waals surface area contributed by atoms with Crippen LogP contribution in [0, 0.1) is 0 Å². The molecule has 0 aromatic carbocycles. The first-order chi connectivity index (χ1) is 45.6. The minimum Gasteiger partial charge on any atom is -0.382 e. The molecule has 8 aliphatic rings. The highest BCUT2D eigenvalue weighted by molar-refractivity contribution is 8.07. The second-order valence-corrected chi connectivity index (χ2v) is 27.6. The van der Waals surface area contributed by atoms with Gasteiger partial charge in [-0.3, -0.25) is 41.6 Å². The van der Waals surface area contributed by atoms with Crippen LogP contribution in [0.25, 0.3) is 44.7 Å². The first-order valence-corrected chi connectivity index (χ1v) is 33.6. The molecule has 11 N–H and O–H groups in total. The van der Waals surface area contributed by atoms with Crippen LogP contribution in [0.15, 0.2) is 49.1 Å². The summed E-state index contributed by atoms with van der Waals surface area (Å²) in [5.41, 5.74) is 23.5. The van der Waals surface area contributed by atoms with E-state index in [1.165, 1.54) is 38.7 Å². The van der Waals surface area contributed by atoms with E-state index in [4.69, 9.17) is 105 Å². The van der Waals surface area contributed by atoms with Gasteiger partial charge >= 0.3 is 14.5 Å². The van der Waals surface area contributed by atoms with Crippen LogP contribution in [0.2, 0.25) is 0 Å². The minimum absolute atomic E-state index is 0.0169. The number of methoxy groups -OCH3 is 4. The lowest BCUT2D eigenvalue weighted by Gasteiger charge is -2.31. The molecule has 8 saturated heterocycles. The van der Waals surface area contributed by atoms with Gasteiger partial charge in [-0.05, 0) is 24.6 Å². The number of aromatic nitrogens is 16. The quantitative estimate of drug-likeness (QED) is 0.0561. The summed E-state index contributed by atoms with van der Waals surface area (Å²) in [5.74, 6) is 0.895. The highest BCUT2D eigenvalue weighted by Crippen LogP contribution is 2.58. The number of nitrogens with one attached hydrogen (secondary N) is 1. The topological polar surface area (TPSA) is 504 Å². The predicted molar refractivity (Wildman–Crippen MR) is 328 cm³/mol. The molecule has 8 aromatic heterocycles. The van der Waals surface area contributed by atoms with Crippen molar-refractivity contribution in [3.8, 4) is 0 Å². The maximum absolute atomic E-state index is 11.9. The Kier molecular flexibility index (Phi) is 18.1. The highest BCUT2D eigenvalue weighted by Gasteiger charge is 2.67. The molecule has 0 radical (unpaired) electrons.